The lowest BCUT2D eigenvalue weighted by molar-refractivity contribution is -0.134. The number of hydrogen-bond acceptors (Lipinski definition) is 6. The third-order valence-electron chi connectivity index (χ3n) is 2.17. The standard InChI is InChI=1S/C14H28N2O4Si/c1-7-18-15-12(3)11-13(16-19-8-2)9-10-14(17)20-21(4,5)6/h7-11H2,1-6H3/b15-12+,16-13-. The Bertz CT molecular complexity index is 376. The molecule has 0 fully saturated rings. The zero-order chi connectivity index (χ0) is 16.3. The Hall–Kier alpha value is -1.37. The fourth-order valence-corrected chi connectivity index (χ4v) is 2.25. The van der Waals surface area contributed by atoms with Crippen LogP contribution in [0.25, 0.3) is 0 Å². The van der Waals surface area contributed by atoms with E-state index in [9.17, 15) is 4.79 Å². The summed E-state index contributed by atoms with van der Waals surface area (Å²) in [4.78, 5) is 21.8. The molecule has 0 heterocycles. The predicted molar refractivity (Wildman–Crippen MR) is 87.1 cm³/mol. The first-order chi connectivity index (χ1) is 9.78. The normalized spacial score (nSPS) is 13.0. The van der Waals surface area contributed by atoms with Crippen molar-refractivity contribution in [3.8, 4) is 0 Å². The second kappa shape index (κ2) is 10.4. The van der Waals surface area contributed by atoms with Crippen LogP contribution in [-0.4, -0.2) is 38.9 Å². The van der Waals surface area contributed by atoms with Crippen LogP contribution < -0.4 is 0 Å². The fraction of sp³-hybridized carbons (Fsp3) is 0.786. The molecular formula is C14H28N2O4Si. The summed E-state index contributed by atoms with van der Waals surface area (Å²) in [5, 5.41) is 7.99. The van der Waals surface area contributed by atoms with Crippen LogP contribution in [0.2, 0.25) is 19.6 Å². The Morgan fingerprint density at radius 1 is 1.00 bits per heavy atom. The second-order valence-electron chi connectivity index (χ2n) is 5.58. The van der Waals surface area contributed by atoms with Crippen LogP contribution in [0.4, 0.5) is 0 Å². The van der Waals surface area contributed by atoms with Crippen LogP contribution in [-0.2, 0) is 18.9 Å². The average molecular weight is 316 g/mol. The molecule has 0 unspecified atom stereocenters. The highest BCUT2D eigenvalue weighted by atomic mass is 28.4. The summed E-state index contributed by atoms with van der Waals surface area (Å²) in [6.45, 7) is 12.6. The van der Waals surface area contributed by atoms with Gasteiger partial charge in [-0.1, -0.05) is 10.3 Å². The van der Waals surface area contributed by atoms with E-state index in [1.54, 1.807) is 0 Å². The van der Waals surface area contributed by atoms with Crippen molar-refractivity contribution in [3.05, 3.63) is 0 Å². The molecule has 122 valence electrons. The van der Waals surface area contributed by atoms with E-state index in [2.05, 4.69) is 10.3 Å². The highest BCUT2D eigenvalue weighted by Crippen LogP contribution is 2.08. The third-order valence-corrected chi connectivity index (χ3v) is 3.01. The first-order valence-corrected chi connectivity index (χ1v) is 10.7. The summed E-state index contributed by atoms with van der Waals surface area (Å²) in [7, 11) is -1.83. The van der Waals surface area contributed by atoms with Crippen molar-refractivity contribution in [2.45, 2.75) is 59.7 Å². The highest BCUT2D eigenvalue weighted by molar-refractivity contribution is 6.71. The molecule has 0 rings (SSSR count). The Balaban J connectivity index is 4.47. The molecule has 7 heteroatoms. The Morgan fingerprint density at radius 3 is 2.10 bits per heavy atom. The molecule has 0 aliphatic rings. The molecule has 0 atom stereocenters. The largest absolute Gasteiger partial charge is 0.520 e. The van der Waals surface area contributed by atoms with Crippen molar-refractivity contribution < 1.29 is 18.9 Å². The summed E-state index contributed by atoms with van der Waals surface area (Å²) in [5.41, 5.74) is 1.57. The maximum atomic E-state index is 11.8. The van der Waals surface area contributed by atoms with Crippen LogP contribution in [0, 0.1) is 0 Å². The second-order valence-corrected chi connectivity index (χ2v) is 10.0. The van der Waals surface area contributed by atoms with Gasteiger partial charge in [-0.15, -0.1) is 0 Å². The van der Waals surface area contributed by atoms with Crippen molar-refractivity contribution >= 4 is 25.7 Å². The summed E-state index contributed by atoms with van der Waals surface area (Å²) < 4.78 is 5.41. The summed E-state index contributed by atoms with van der Waals surface area (Å²) in [5.74, 6) is -0.183. The van der Waals surface area contributed by atoms with Gasteiger partial charge in [-0.3, -0.25) is 4.79 Å². The number of hydrogen-bond donors (Lipinski definition) is 0. The van der Waals surface area contributed by atoms with Crippen molar-refractivity contribution in [2.75, 3.05) is 13.2 Å². The van der Waals surface area contributed by atoms with Crippen molar-refractivity contribution in [1.29, 1.82) is 0 Å². The van der Waals surface area contributed by atoms with Gasteiger partial charge < -0.3 is 14.1 Å². The minimum Gasteiger partial charge on any atom is -0.520 e. The molecule has 0 radical (unpaired) electrons. The molecule has 0 aromatic heterocycles. The fourth-order valence-electron chi connectivity index (χ4n) is 1.46. The lowest BCUT2D eigenvalue weighted by Crippen LogP contribution is -2.29. The molecule has 0 N–H and O–H groups in total. The van der Waals surface area contributed by atoms with Crippen LogP contribution in [0.1, 0.15) is 40.0 Å². The zero-order valence-corrected chi connectivity index (χ0v) is 15.1. The number of nitrogens with zero attached hydrogens (tertiary/aromatic N) is 2. The van der Waals surface area contributed by atoms with Gasteiger partial charge in [0.25, 0.3) is 5.97 Å². The maximum absolute atomic E-state index is 11.8. The van der Waals surface area contributed by atoms with E-state index in [1.165, 1.54) is 0 Å². The van der Waals surface area contributed by atoms with Crippen LogP contribution in [0.15, 0.2) is 10.3 Å². The number of carbonyl (C=O) groups is 1. The van der Waals surface area contributed by atoms with E-state index < -0.39 is 8.32 Å². The zero-order valence-electron chi connectivity index (χ0n) is 14.1. The smallest absolute Gasteiger partial charge is 0.292 e. The first-order valence-electron chi connectivity index (χ1n) is 7.33. The molecule has 0 bridgehead atoms. The topological polar surface area (TPSA) is 69.5 Å². The lowest BCUT2D eigenvalue weighted by Gasteiger charge is -2.17. The molecule has 0 saturated carbocycles. The quantitative estimate of drug-likeness (QED) is 0.352. The molecule has 0 aliphatic heterocycles. The molecule has 6 nitrogen and oxygen atoms in total. The third kappa shape index (κ3) is 12.1. The molecule has 21 heavy (non-hydrogen) atoms. The van der Waals surface area contributed by atoms with Gasteiger partial charge in [0.05, 0.1) is 11.4 Å². The number of oxime groups is 2. The minimum absolute atomic E-state index is 0.183. The maximum Gasteiger partial charge on any atom is 0.292 e. The lowest BCUT2D eigenvalue weighted by atomic mass is 10.1. The number of carbonyl (C=O) groups excluding carboxylic acids is 1. The Labute approximate surface area is 128 Å². The summed E-state index contributed by atoms with van der Waals surface area (Å²) in [6.07, 6.45) is 1.33. The minimum atomic E-state index is -1.83. The molecule has 0 aromatic carbocycles. The van der Waals surface area contributed by atoms with E-state index in [-0.39, 0.29) is 5.97 Å². The van der Waals surface area contributed by atoms with Gasteiger partial charge in [0.2, 0.25) is 8.32 Å². The first kappa shape index (κ1) is 19.6. The van der Waals surface area contributed by atoms with Gasteiger partial charge in [-0.05, 0) is 46.8 Å². The van der Waals surface area contributed by atoms with E-state index in [0.29, 0.717) is 32.5 Å². The Kier molecular flexibility index (Phi) is 9.69. The average Bonchev–Trinajstić information content (AvgIpc) is 2.37. The van der Waals surface area contributed by atoms with Gasteiger partial charge in [0, 0.05) is 12.8 Å². The van der Waals surface area contributed by atoms with Gasteiger partial charge in [-0.2, -0.15) is 0 Å². The monoisotopic (exact) mass is 316 g/mol. The van der Waals surface area contributed by atoms with Crippen LogP contribution >= 0.6 is 0 Å². The van der Waals surface area contributed by atoms with Crippen molar-refractivity contribution in [2.24, 2.45) is 10.3 Å². The molecule has 0 aliphatic carbocycles. The van der Waals surface area contributed by atoms with Crippen LogP contribution in [0.5, 0.6) is 0 Å². The molecular weight excluding hydrogens is 288 g/mol. The van der Waals surface area contributed by atoms with Gasteiger partial charge >= 0.3 is 0 Å². The van der Waals surface area contributed by atoms with E-state index in [0.717, 1.165) is 11.4 Å². The summed E-state index contributed by atoms with van der Waals surface area (Å²) in [6, 6.07) is 0. The number of rotatable bonds is 10. The molecule has 0 spiro atoms. The summed E-state index contributed by atoms with van der Waals surface area (Å²) >= 11 is 0. The van der Waals surface area contributed by atoms with E-state index >= 15 is 0 Å². The highest BCUT2D eigenvalue weighted by Gasteiger charge is 2.20. The Morgan fingerprint density at radius 2 is 1.57 bits per heavy atom. The van der Waals surface area contributed by atoms with Gasteiger partial charge in [0.1, 0.15) is 13.2 Å². The van der Waals surface area contributed by atoms with E-state index in [1.807, 2.05) is 40.4 Å². The van der Waals surface area contributed by atoms with E-state index in [4.69, 9.17) is 14.1 Å². The molecule has 0 saturated heterocycles. The van der Waals surface area contributed by atoms with Crippen molar-refractivity contribution in [3.63, 3.8) is 0 Å². The molecule has 0 amide bonds. The van der Waals surface area contributed by atoms with Crippen LogP contribution in [0.3, 0.4) is 0 Å². The van der Waals surface area contributed by atoms with Crippen molar-refractivity contribution in [1.82, 2.24) is 0 Å². The molecule has 0 aromatic rings. The SMILES string of the molecule is CCO/N=C(/CCC(=O)O[Si](C)(C)C)C/C(C)=N/OCC. The van der Waals surface area contributed by atoms with Gasteiger partial charge in [0.15, 0.2) is 0 Å². The predicted octanol–water partition coefficient (Wildman–Crippen LogP) is 3.34. The van der Waals surface area contributed by atoms with Gasteiger partial charge in [-0.25, -0.2) is 0 Å².